The molecule has 3 atom stereocenters. The second-order valence-electron chi connectivity index (χ2n) is 9.11. The largest absolute Gasteiger partial charge is 0.376 e. The zero-order valence-electron chi connectivity index (χ0n) is 21.7. The summed E-state index contributed by atoms with van der Waals surface area (Å²) in [6.45, 7) is 5.47. The Labute approximate surface area is 229 Å². The molecule has 2 amide bonds. The van der Waals surface area contributed by atoms with Crippen molar-refractivity contribution in [3.05, 3.63) is 90.0 Å². The first kappa shape index (κ1) is 30.5. The maximum absolute atomic E-state index is 13.7. The van der Waals surface area contributed by atoms with Crippen molar-refractivity contribution in [3.8, 4) is 0 Å². The molecule has 37 heavy (non-hydrogen) atoms. The molecule has 1 unspecified atom stereocenters. The molecule has 2 aromatic rings. The third-order valence-electron chi connectivity index (χ3n) is 6.17. The Balaban J connectivity index is 2.25. The van der Waals surface area contributed by atoms with E-state index < -0.39 is 12.0 Å². The Morgan fingerprint density at radius 1 is 1.08 bits per heavy atom. The van der Waals surface area contributed by atoms with Crippen LogP contribution >= 0.6 is 15.9 Å². The average Bonchev–Trinajstić information content (AvgIpc) is 2.93. The van der Waals surface area contributed by atoms with Crippen LogP contribution in [0.25, 0.3) is 6.08 Å². The van der Waals surface area contributed by atoms with Crippen LogP contribution in [0.15, 0.2) is 78.9 Å². The van der Waals surface area contributed by atoms with Gasteiger partial charge in [0.2, 0.25) is 11.8 Å². The number of rotatable bonds is 17. The summed E-state index contributed by atoms with van der Waals surface area (Å²) in [6.07, 6.45) is 6.30. The van der Waals surface area contributed by atoms with E-state index in [9.17, 15) is 9.59 Å². The molecule has 0 aliphatic carbocycles. The van der Waals surface area contributed by atoms with Crippen molar-refractivity contribution in [2.75, 3.05) is 25.5 Å². The van der Waals surface area contributed by atoms with Crippen LogP contribution in [0.4, 0.5) is 0 Å². The molecule has 6 nitrogen and oxygen atoms in total. The van der Waals surface area contributed by atoms with Crippen molar-refractivity contribution < 1.29 is 14.3 Å². The Hall–Kier alpha value is -2.74. The van der Waals surface area contributed by atoms with Crippen molar-refractivity contribution in [3.63, 3.8) is 0 Å². The number of hydrogen-bond acceptors (Lipinski definition) is 4. The van der Waals surface area contributed by atoms with E-state index in [-0.39, 0.29) is 17.7 Å². The van der Waals surface area contributed by atoms with E-state index in [1.807, 2.05) is 72.8 Å². The molecule has 0 aliphatic rings. The molecule has 200 valence electrons. The normalized spacial score (nSPS) is 13.6. The van der Waals surface area contributed by atoms with Gasteiger partial charge in [0.25, 0.3) is 0 Å². The number of nitrogens with one attached hydrogen (secondary N) is 2. The number of ether oxygens (including phenoxy) is 1. The molecule has 0 saturated heterocycles. The predicted molar refractivity (Wildman–Crippen MR) is 155 cm³/mol. The lowest BCUT2D eigenvalue weighted by molar-refractivity contribution is -0.132. The zero-order chi connectivity index (χ0) is 26.9. The highest BCUT2D eigenvalue weighted by Crippen LogP contribution is 2.26. The van der Waals surface area contributed by atoms with E-state index in [1.165, 1.54) is 0 Å². The predicted octanol–water partition coefficient (Wildman–Crippen LogP) is 4.85. The molecular weight excluding hydrogens is 530 g/mol. The van der Waals surface area contributed by atoms with E-state index in [4.69, 9.17) is 10.5 Å². The molecule has 0 fully saturated rings. The van der Waals surface area contributed by atoms with Gasteiger partial charge in [-0.05, 0) is 49.3 Å². The third kappa shape index (κ3) is 11.5. The molecule has 0 aliphatic heterocycles. The monoisotopic (exact) mass is 569 g/mol. The molecule has 0 saturated carbocycles. The number of halogens is 1. The lowest BCUT2D eigenvalue weighted by atomic mass is 9.84. The van der Waals surface area contributed by atoms with Crippen molar-refractivity contribution >= 4 is 33.8 Å². The molecule has 7 heteroatoms. The topological polar surface area (TPSA) is 93.4 Å². The maximum atomic E-state index is 13.7. The standard InChI is InChI=1S/C30H40BrN3O3/c1-23(20-31)19-26(22-37-21-25-13-7-4-8-14-25)27(16-9-15-24-11-5-3-6-12-24)29(35)34-28(17-10-18-32)30(36)33-2/h3-9,11-15,26-28H,1,10,16-22,32H2,2H3,(H,33,36)(H,34,35)/b15-9+/t26-,27?,28-/m1/s1. The third-order valence-corrected chi connectivity index (χ3v) is 6.96. The molecule has 4 N–H and O–H groups in total. The molecule has 2 rings (SSSR count). The molecule has 2 aromatic carbocycles. The van der Waals surface area contributed by atoms with Gasteiger partial charge in [0.1, 0.15) is 6.04 Å². The number of carbonyl (C=O) groups is 2. The summed E-state index contributed by atoms with van der Waals surface area (Å²) >= 11 is 3.50. The number of alkyl halides is 1. The van der Waals surface area contributed by atoms with E-state index in [0.29, 0.717) is 50.8 Å². The van der Waals surface area contributed by atoms with Gasteiger partial charge in [-0.15, -0.1) is 0 Å². The van der Waals surface area contributed by atoms with Crippen LogP contribution in [0.3, 0.4) is 0 Å². The zero-order valence-corrected chi connectivity index (χ0v) is 23.3. The average molecular weight is 571 g/mol. The van der Waals surface area contributed by atoms with Gasteiger partial charge in [0.15, 0.2) is 0 Å². The van der Waals surface area contributed by atoms with E-state index >= 15 is 0 Å². The van der Waals surface area contributed by atoms with Gasteiger partial charge < -0.3 is 21.1 Å². The first-order valence-corrected chi connectivity index (χ1v) is 13.9. The lowest BCUT2D eigenvalue weighted by Gasteiger charge is -2.28. The van der Waals surface area contributed by atoms with E-state index in [0.717, 1.165) is 16.7 Å². The number of likely N-dealkylation sites (N-methyl/N-ethyl adjacent to an activating group) is 1. The number of allylic oxidation sites excluding steroid dienone is 2. The summed E-state index contributed by atoms with van der Waals surface area (Å²) < 4.78 is 6.11. The summed E-state index contributed by atoms with van der Waals surface area (Å²) in [5.74, 6) is -0.910. The minimum Gasteiger partial charge on any atom is -0.376 e. The van der Waals surface area contributed by atoms with Gasteiger partial charge in [-0.25, -0.2) is 0 Å². The van der Waals surface area contributed by atoms with Crippen LogP contribution in [0.2, 0.25) is 0 Å². The minimum atomic E-state index is -0.632. The van der Waals surface area contributed by atoms with Crippen molar-refractivity contribution in [2.45, 2.75) is 38.3 Å². The minimum absolute atomic E-state index is 0.117. The summed E-state index contributed by atoms with van der Waals surface area (Å²) in [5.41, 5.74) is 8.80. The van der Waals surface area contributed by atoms with Gasteiger partial charge >= 0.3 is 0 Å². The molecule has 0 radical (unpaired) electrons. The smallest absolute Gasteiger partial charge is 0.242 e. The molecule has 0 aromatic heterocycles. The van der Waals surface area contributed by atoms with Crippen LogP contribution in [0.1, 0.15) is 36.8 Å². The summed E-state index contributed by atoms with van der Waals surface area (Å²) in [7, 11) is 1.57. The first-order chi connectivity index (χ1) is 18.0. The lowest BCUT2D eigenvalue weighted by Crippen LogP contribution is -2.49. The fourth-order valence-electron chi connectivity index (χ4n) is 4.12. The number of benzene rings is 2. The Morgan fingerprint density at radius 2 is 1.76 bits per heavy atom. The SMILES string of the molecule is C=C(CBr)C[C@H](COCc1ccccc1)C(C/C=C/c1ccccc1)C(=O)N[C@H](CCCN)C(=O)NC. The van der Waals surface area contributed by atoms with Crippen LogP contribution in [-0.4, -0.2) is 43.4 Å². The fourth-order valence-corrected chi connectivity index (χ4v) is 4.35. The van der Waals surface area contributed by atoms with Gasteiger partial charge in [-0.2, -0.15) is 0 Å². The van der Waals surface area contributed by atoms with Crippen LogP contribution < -0.4 is 16.4 Å². The van der Waals surface area contributed by atoms with E-state index in [2.05, 4.69) is 33.1 Å². The second kappa shape index (κ2) is 17.7. The maximum Gasteiger partial charge on any atom is 0.242 e. The van der Waals surface area contributed by atoms with Gasteiger partial charge in [-0.1, -0.05) is 101 Å². The summed E-state index contributed by atoms with van der Waals surface area (Å²) in [6, 6.07) is 19.3. The molecule has 0 spiro atoms. The van der Waals surface area contributed by atoms with Crippen molar-refractivity contribution in [2.24, 2.45) is 17.6 Å². The Kier molecular flexibility index (Phi) is 14.6. The van der Waals surface area contributed by atoms with Gasteiger partial charge in [-0.3, -0.25) is 9.59 Å². The Bertz CT molecular complexity index is 982. The highest BCUT2D eigenvalue weighted by atomic mass is 79.9. The molecule has 0 heterocycles. The van der Waals surface area contributed by atoms with Crippen LogP contribution in [-0.2, 0) is 20.9 Å². The summed E-state index contributed by atoms with van der Waals surface area (Å²) in [5, 5.41) is 6.29. The Morgan fingerprint density at radius 3 is 2.38 bits per heavy atom. The van der Waals surface area contributed by atoms with Gasteiger partial charge in [0, 0.05) is 18.3 Å². The number of amides is 2. The van der Waals surface area contributed by atoms with E-state index in [1.54, 1.807) is 7.05 Å². The molecular formula is C30H40BrN3O3. The fraction of sp³-hybridized carbons (Fsp3) is 0.400. The van der Waals surface area contributed by atoms with Crippen molar-refractivity contribution in [1.82, 2.24) is 10.6 Å². The van der Waals surface area contributed by atoms with Crippen molar-refractivity contribution in [1.29, 1.82) is 0 Å². The number of carbonyl (C=O) groups excluding carboxylic acids is 2. The summed E-state index contributed by atoms with van der Waals surface area (Å²) in [4.78, 5) is 26.1. The first-order valence-electron chi connectivity index (χ1n) is 12.8. The quantitative estimate of drug-likeness (QED) is 0.187. The van der Waals surface area contributed by atoms with Crippen LogP contribution in [0, 0.1) is 11.8 Å². The highest BCUT2D eigenvalue weighted by Gasteiger charge is 2.31. The van der Waals surface area contributed by atoms with Crippen LogP contribution in [0.5, 0.6) is 0 Å². The number of nitrogens with two attached hydrogens (primary N) is 1. The van der Waals surface area contributed by atoms with Gasteiger partial charge in [0.05, 0.1) is 13.2 Å². The number of hydrogen-bond donors (Lipinski definition) is 3. The molecule has 0 bridgehead atoms. The second-order valence-corrected chi connectivity index (χ2v) is 9.67. The highest BCUT2D eigenvalue weighted by molar-refractivity contribution is 9.09.